The van der Waals surface area contributed by atoms with Crippen LogP contribution in [0, 0.1) is 0 Å². The van der Waals surface area contributed by atoms with E-state index in [1.54, 1.807) is 0 Å². The van der Waals surface area contributed by atoms with Crippen molar-refractivity contribution < 1.29 is 0 Å². The van der Waals surface area contributed by atoms with Gasteiger partial charge in [0.2, 0.25) is 0 Å². The Bertz CT molecular complexity index is 1810. The summed E-state index contributed by atoms with van der Waals surface area (Å²) in [4.78, 5) is 15.3. The van der Waals surface area contributed by atoms with Crippen LogP contribution in [0.15, 0.2) is 163 Å². The first kappa shape index (κ1) is 28.6. The fourth-order valence-electron chi connectivity index (χ4n) is 5.96. The first-order chi connectivity index (χ1) is 21.8. The topological polar surface area (TPSA) is 24.7 Å². The molecule has 1 aliphatic rings. The molecule has 7 rings (SSSR count). The van der Waals surface area contributed by atoms with Gasteiger partial charge < -0.3 is 0 Å². The molecular formula is C40H34N2S2. The Kier molecular flexibility index (Phi) is 8.90. The highest BCUT2D eigenvalue weighted by molar-refractivity contribution is 8.00. The van der Waals surface area contributed by atoms with Crippen LogP contribution in [0.2, 0.25) is 0 Å². The van der Waals surface area contributed by atoms with Crippen LogP contribution in [0.25, 0.3) is 21.5 Å². The van der Waals surface area contributed by atoms with Crippen LogP contribution in [0.4, 0.5) is 0 Å². The standard InChI is InChI=1S/C40H34N2S2/c1-5-19-33-29(13-1)17-11-25-39(33)43-37-23-9-3-15-31(37)27-41-35-21-7-8-22-36(35)42-28-32-16-4-10-24-38(32)44-40-26-12-18-30-14-2-6-20-34(30)40/h1-6,9-20,23-28,35-36H,7-8,21-22H2/t35-,36-/m1/s1. The lowest BCUT2D eigenvalue weighted by Crippen LogP contribution is -2.27. The van der Waals surface area contributed by atoms with Gasteiger partial charge in [0, 0.05) is 43.1 Å². The molecule has 6 aromatic carbocycles. The third kappa shape index (κ3) is 6.52. The van der Waals surface area contributed by atoms with Gasteiger partial charge in [-0.15, -0.1) is 0 Å². The molecule has 0 heterocycles. The number of aliphatic imine (C=N–C) groups is 2. The van der Waals surface area contributed by atoms with Crippen LogP contribution in [0.1, 0.15) is 36.8 Å². The molecule has 1 saturated carbocycles. The van der Waals surface area contributed by atoms with Crippen LogP contribution >= 0.6 is 23.5 Å². The molecule has 216 valence electrons. The number of nitrogens with zero attached hydrogens (tertiary/aromatic N) is 2. The van der Waals surface area contributed by atoms with E-state index in [1.165, 1.54) is 54.0 Å². The number of hydrogen-bond donors (Lipinski definition) is 0. The predicted molar refractivity (Wildman–Crippen MR) is 190 cm³/mol. The van der Waals surface area contributed by atoms with E-state index in [0.29, 0.717) is 0 Å². The second-order valence-electron chi connectivity index (χ2n) is 11.2. The highest BCUT2D eigenvalue weighted by Gasteiger charge is 2.23. The Morgan fingerprint density at radius 3 is 1.32 bits per heavy atom. The second-order valence-corrected chi connectivity index (χ2v) is 13.4. The summed E-state index contributed by atoms with van der Waals surface area (Å²) in [6, 6.07) is 47.9. The molecule has 0 unspecified atom stereocenters. The Hall–Kier alpha value is -4.12. The molecule has 2 atom stereocenters. The van der Waals surface area contributed by atoms with E-state index in [9.17, 15) is 0 Å². The molecule has 4 heteroatoms. The Morgan fingerprint density at radius 1 is 0.432 bits per heavy atom. The van der Waals surface area contributed by atoms with Gasteiger partial charge in [0.05, 0.1) is 12.1 Å². The fraction of sp³-hybridized carbons (Fsp3) is 0.150. The van der Waals surface area contributed by atoms with Crippen molar-refractivity contribution >= 4 is 57.5 Å². The van der Waals surface area contributed by atoms with E-state index in [2.05, 4.69) is 146 Å². The maximum Gasteiger partial charge on any atom is 0.0723 e. The first-order valence-corrected chi connectivity index (χ1v) is 17.0. The summed E-state index contributed by atoms with van der Waals surface area (Å²) in [6.07, 6.45) is 8.74. The van der Waals surface area contributed by atoms with E-state index >= 15 is 0 Å². The second kappa shape index (κ2) is 13.7. The van der Waals surface area contributed by atoms with Crippen LogP contribution in [-0.4, -0.2) is 24.5 Å². The minimum atomic E-state index is 0.188. The number of hydrogen-bond acceptors (Lipinski definition) is 4. The number of benzene rings is 6. The lowest BCUT2D eigenvalue weighted by atomic mass is 9.91. The lowest BCUT2D eigenvalue weighted by Gasteiger charge is -2.25. The van der Waals surface area contributed by atoms with Crippen molar-refractivity contribution in [2.45, 2.75) is 57.3 Å². The van der Waals surface area contributed by atoms with Gasteiger partial charge in [-0.1, -0.05) is 146 Å². The minimum Gasteiger partial charge on any atom is -0.287 e. The highest BCUT2D eigenvalue weighted by Crippen LogP contribution is 2.36. The molecule has 0 radical (unpaired) electrons. The van der Waals surface area contributed by atoms with Gasteiger partial charge in [-0.3, -0.25) is 9.98 Å². The minimum absolute atomic E-state index is 0.188. The van der Waals surface area contributed by atoms with E-state index in [1.807, 2.05) is 23.5 Å². The Labute approximate surface area is 268 Å². The lowest BCUT2D eigenvalue weighted by molar-refractivity contribution is 0.390. The van der Waals surface area contributed by atoms with Crippen molar-refractivity contribution in [2.24, 2.45) is 9.98 Å². The molecule has 0 aromatic heterocycles. The van der Waals surface area contributed by atoms with Crippen molar-refractivity contribution in [3.8, 4) is 0 Å². The normalized spacial score (nSPS) is 17.2. The SMILES string of the molecule is C(=N[C@@H]1CCCC[C@H]1N=Cc1ccccc1Sc1cccc2ccccc12)c1ccccc1Sc1cccc2ccccc12. The molecule has 0 saturated heterocycles. The summed E-state index contributed by atoms with van der Waals surface area (Å²) < 4.78 is 0. The van der Waals surface area contributed by atoms with Gasteiger partial charge in [0.15, 0.2) is 0 Å². The summed E-state index contributed by atoms with van der Waals surface area (Å²) in [5.74, 6) is 0. The maximum atomic E-state index is 5.18. The molecule has 0 bridgehead atoms. The van der Waals surface area contributed by atoms with E-state index in [-0.39, 0.29) is 12.1 Å². The maximum absolute atomic E-state index is 5.18. The third-order valence-electron chi connectivity index (χ3n) is 8.28. The molecule has 2 nitrogen and oxygen atoms in total. The summed E-state index contributed by atoms with van der Waals surface area (Å²) in [7, 11) is 0. The van der Waals surface area contributed by atoms with Crippen molar-refractivity contribution in [2.75, 3.05) is 0 Å². The zero-order chi connectivity index (χ0) is 29.6. The quantitative estimate of drug-likeness (QED) is 0.161. The number of rotatable bonds is 8. The molecule has 0 amide bonds. The van der Waals surface area contributed by atoms with Gasteiger partial charge in [-0.05, 0) is 58.7 Å². The van der Waals surface area contributed by atoms with Gasteiger partial charge in [0.25, 0.3) is 0 Å². The summed E-state index contributed by atoms with van der Waals surface area (Å²) in [5, 5.41) is 5.10. The zero-order valence-corrected chi connectivity index (χ0v) is 26.2. The van der Waals surface area contributed by atoms with Crippen LogP contribution in [0.5, 0.6) is 0 Å². The smallest absolute Gasteiger partial charge is 0.0723 e. The first-order valence-electron chi connectivity index (χ1n) is 15.4. The fourth-order valence-corrected chi connectivity index (χ4v) is 8.09. The van der Waals surface area contributed by atoms with Crippen molar-refractivity contribution in [1.29, 1.82) is 0 Å². The average Bonchev–Trinajstić information content (AvgIpc) is 3.08. The van der Waals surface area contributed by atoms with E-state index < -0.39 is 0 Å². The Morgan fingerprint density at radius 2 is 0.818 bits per heavy atom. The summed E-state index contributed by atoms with van der Waals surface area (Å²) in [5.41, 5.74) is 2.33. The van der Waals surface area contributed by atoms with Crippen LogP contribution < -0.4 is 0 Å². The van der Waals surface area contributed by atoms with Crippen LogP contribution in [-0.2, 0) is 0 Å². The predicted octanol–water partition coefficient (Wildman–Crippen LogP) is 11.1. The molecule has 6 aromatic rings. The highest BCUT2D eigenvalue weighted by atomic mass is 32.2. The largest absolute Gasteiger partial charge is 0.287 e. The average molecular weight is 607 g/mol. The monoisotopic (exact) mass is 606 g/mol. The molecule has 0 aliphatic heterocycles. The zero-order valence-electron chi connectivity index (χ0n) is 24.6. The molecule has 0 N–H and O–H groups in total. The Balaban J connectivity index is 1.11. The van der Waals surface area contributed by atoms with Gasteiger partial charge in [0.1, 0.15) is 0 Å². The molecule has 1 fully saturated rings. The summed E-state index contributed by atoms with van der Waals surface area (Å²) >= 11 is 3.64. The van der Waals surface area contributed by atoms with Gasteiger partial charge >= 0.3 is 0 Å². The summed E-state index contributed by atoms with van der Waals surface area (Å²) in [6.45, 7) is 0. The van der Waals surface area contributed by atoms with Crippen LogP contribution in [0.3, 0.4) is 0 Å². The van der Waals surface area contributed by atoms with Gasteiger partial charge in [-0.2, -0.15) is 0 Å². The van der Waals surface area contributed by atoms with Crippen molar-refractivity contribution in [1.82, 2.24) is 0 Å². The van der Waals surface area contributed by atoms with E-state index in [4.69, 9.17) is 9.98 Å². The molecule has 1 aliphatic carbocycles. The third-order valence-corrected chi connectivity index (χ3v) is 10.6. The van der Waals surface area contributed by atoms with Crippen molar-refractivity contribution in [3.63, 3.8) is 0 Å². The van der Waals surface area contributed by atoms with E-state index in [0.717, 1.165) is 24.0 Å². The van der Waals surface area contributed by atoms with Gasteiger partial charge in [-0.25, -0.2) is 0 Å². The molecule has 44 heavy (non-hydrogen) atoms. The molecular weight excluding hydrogens is 573 g/mol. The number of fused-ring (bicyclic) bond motifs is 2. The van der Waals surface area contributed by atoms with Crippen molar-refractivity contribution in [3.05, 3.63) is 145 Å². The molecule has 0 spiro atoms.